The normalized spacial score (nSPS) is 23.5. The van der Waals surface area contributed by atoms with Gasteiger partial charge < -0.3 is 16.0 Å². The molecule has 3 amide bonds. The van der Waals surface area contributed by atoms with Crippen LogP contribution in [0.2, 0.25) is 0 Å². The molecule has 3 N–H and O–H groups in total. The highest BCUT2D eigenvalue weighted by Gasteiger charge is 2.28. The van der Waals surface area contributed by atoms with Crippen molar-refractivity contribution in [2.45, 2.75) is 79.3 Å². The van der Waals surface area contributed by atoms with Gasteiger partial charge in [0.25, 0.3) is 11.8 Å². The molecule has 5 rings (SSSR count). The Morgan fingerprint density at radius 2 is 1.82 bits per heavy atom. The van der Waals surface area contributed by atoms with E-state index in [4.69, 9.17) is 9.98 Å². The van der Waals surface area contributed by atoms with Gasteiger partial charge in [0.1, 0.15) is 5.69 Å². The number of nitrogens with one attached hydrogen (secondary N) is 3. The van der Waals surface area contributed by atoms with Gasteiger partial charge >= 0.3 is 0 Å². The third-order valence-electron chi connectivity index (χ3n) is 7.93. The molecular formula is C33H45N9O3. The van der Waals surface area contributed by atoms with E-state index in [-0.39, 0.29) is 29.8 Å². The zero-order chi connectivity index (χ0) is 32.5. The van der Waals surface area contributed by atoms with E-state index >= 15 is 0 Å². The first kappa shape index (κ1) is 33.4. The van der Waals surface area contributed by atoms with Gasteiger partial charge in [-0.2, -0.15) is 5.10 Å². The van der Waals surface area contributed by atoms with Crippen LogP contribution in [0.15, 0.2) is 45.7 Å². The molecule has 12 nitrogen and oxygen atoms in total. The predicted molar refractivity (Wildman–Crippen MR) is 179 cm³/mol. The van der Waals surface area contributed by atoms with Gasteiger partial charge in [0.15, 0.2) is 0 Å². The van der Waals surface area contributed by atoms with Crippen molar-refractivity contribution in [2.75, 3.05) is 36.8 Å². The summed E-state index contributed by atoms with van der Waals surface area (Å²) in [4.78, 5) is 54.9. The average molecular weight is 616 g/mol. The molecule has 3 aliphatic heterocycles. The number of hydrogen-bond acceptors (Lipinski definition) is 8. The van der Waals surface area contributed by atoms with E-state index in [0.717, 1.165) is 25.9 Å². The third kappa shape index (κ3) is 8.18. The molecule has 2 aromatic heterocycles. The Morgan fingerprint density at radius 3 is 2.56 bits per heavy atom. The number of nitrogens with zero attached hydrogens (tertiary/aromatic N) is 6. The molecule has 45 heavy (non-hydrogen) atoms. The summed E-state index contributed by atoms with van der Waals surface area (Å²) < 4.78 is 1.73. The lowest BCUT2D eigenvalue weighted by Crippen LogP contribution is -2.38. The van der Waals surface area contributed by atoms with E-state index in [9.17, 15) is 14.4 Å². The van der Waals surface area contributed by atoms with Gasteiger partial charge in [0.05, 0.1) is 64.9 Å². The SMILES string of the molecule is CC.CCC1\C=C(c2cnn3c2C(=O)NCC3C)/N=C\C(C)=C(/C(=O)Nc2cc(NC(=O)CN3CCCCC3)cnc2C)C=N1. The summed E-state index contributed by atoms with van der Waals surface area (Å²) in [6, 6.07) is 1.47. The highest BCUT2D eigenvalue weighted by molar-refractivity contribution is 6.21. The Morgan fingerprint density at radius 1 is 1.07 bits per heavy atom. The summed E-state index contributed by atoms with van der Waals surface area (Å²) in [5.74, 6) is -0.674. The zero-order valence-corrected chi connectivity index (χ0v) is 27.2. The van der Waals surface area contributed by atoms with Crippen molar-refractivity contribution in [3.63, 3.8) is 0 Å². The van der Waals surface area contributed by atoms with Crippen molar-refractivity contribution >= 4 is 47.2 Å². The van der Waals surface area contributed by atoms with Crippen LogP contribution in [0.25, 0.3) is 5.70 Å². The van der Waals surface area contributed by atoms with E-state index in [0.29, 0.717) is 64.7 Å². The van der Waals surface area contributed by atoms with Crippen molar-refractivity contribution in [3.05, 3.63) is 52.6 Å². The molecule has 0 aliphatic carbocycles. The molecule has 2 unspecified atom stereocenters. The molecular weight excluding hydrogens is 570 g/mol. The first-order chi connectivity index (χ1) is 21.7. The number of carbonyl (C=O) groups excluding carboxylic acids is 3. The van der Waals surface area contributed by atoms with Crippen molar-refractivity contribution in [3.8, 4) is 0 Å². The van der Waals surface area contributed by atoms with E-state index in [1.807, 2.05) is 33.8 Å². The van der Waals surface area contributed by atoms with E-state index < -0.39 is 0 Å². The molecule has 0 radical (unpaired) electrons. The van der Waals surface area contributed by atoms with Crippen LogP contribution in [0.3, 0.4) is 0 Å². The fourth-order valence-corrected chi connectivity index (χ4v) is 5.36. The molecule has 0 spiro atoms. The number of amides is 3. The van der Waals surface area contributed by atoms with Crippen molar-refractivity contribution in [2.24, 2.45) is 9.98 Å². The van der Waals surface area contributed by atoms with E-state index in [2.05, 4.69) is 30.9 Å². The van der Waals surface area contributed by atoms with Crippen LogP contribution in [-0.4, -0.2) is 82.0 Å². The number of anilines is 2. The number of aliphatic imine (C=N–C) groups is 2. The van der Waals surface area contributed by atoms with Gasteiger partial charge in [-0.15, -0.1) is 0 Å². The van der Waals surface area contributed by atoms with Crippen LogP contribution in [0.4, 0.5) is 11.4 Å². The lowest BCUT2D eigenvalue weighted by Gasteiger charge is -2.25. The van der Waals surface area contributed by atoms with Gasteiger partial charge in [-0.3, -0.25) is 38.9 Å². The minimum atomic E-state index is -0.371. The number of fused-ring (bicyclic) bond motifs is 1. The number of carbonyl (C=O) groups is 3. The van der Waals surface area contributed by atoms with Gasteiger partial charge in [0.2, 0.25) is 5.91 Å². The Hall–Kier alpha value is -4.45. The number of aryl methyl sites for hydroxylation is 1. The second-order valence-corrected chi connectivity index (χ2v) is 11.3. The summed E-state index contributed by atoms with van der Waals surface area (Å²) >= 11 is 0. The van der Waals surface area contributed by atoms with Gasteiger partial charge in [-0.1, -0.05) is 27.2 Å². The molecule has 0 bridgehead atoms. The molecule has 240 valence electrons. The molecule has 1 saturated heterocycles. The zero-order valence-electron chi connectivity index (χ0n) is 27.2. The second-order valence-electron chi connectivity index (χ2n) is 11.3. The fraction of sp³-hybridized carbons (Fsp3) is 0.485. The van der Waals surface area contributed by atoms with Gasteiger partial charge in [0, 0.05) is 19.0 Å². The van der Waals surface area contributed by atoms with Crippen LogP contribution in [0.1, 0.15) is 88.1 Å². The number of pyridine rings is 1. The van der Waals surface area contributed by atoms with Crippen LogP contribution < -0.4 is 16.0 Å². The molecule has 2 atom stereocenters. The van der Waals surface area contributed by atoms with Crippen LogP contribution in [-0.2, 0) is 9.59 Å². The van der Waals surface area contributed by atoms with E-state index in [1.165, 1.54) is 6.42 Å². The average Bonchev–Trinajstić information content (AvgIpc) is 3.52. The predicted octanol–water partition coefficient (Wildman–Crippen LogP) is 4.57. The Balaban J connectivity index is 0.00000226. The fourth-order valence-electron chi connectivity index (χ4n) is 5.36. The van der Waals surface area contributed by atoms with Crippen LogP contribution >= 0.6 is 0 Å². The molecule has 2 aromatic rings. The number of aromatic nitrogens is 3. The summed E-state index contributed by atoms with van der Waals surface area (Å²) in [7, 11) is 0. The minimum absolute atomic E-state index is 0.0266. The topological polar surface area (TPSA) is 146 Å². The largest absolute Gasteiger partial charge is 0.349 e. The molecule has 5 heterocycles. The Bertz CT molecular complexity index is 1530. The number of hydrogen-bond donors (Lipinski definition) is 3. The minimum Gasteiger partial charge on any atom is -0.349 e. The first-order valence-electron chi connectivity index (χ1n) is 15.9. The maximum Gasteiger partial charge on any atom is 0.270 e. The standard InChI is InChI=1S/C31H39N9O3.C2H6/c1-5-22-11-27(25-17-36-40-20(3)14-35-31(43)29(25)40)34-13-19(2)24(16-33-22)30(42)38-26-12-23(15-32-21(26)4)37-28(41)18-39-9-7-6-8-10-39;1-2/h11-13,15-17,20,22H,5-10,14,18H2,1-4H3,(H,35,43)(H,37,41)(H,38,42);1-2H3/b24-19-,27-11-,33-16?,34-13-;. The molecule has 1 fully saturated rings. The second kappa shape index (κ2) is 15.5. The van der Waals surface area contributed by atoms with Crippen LogP contribution in [0, 0.1) is 6.92 Å². The monoisotopic (exact) mass is 615 g/mol. The number of allylic oxidation sites excluding steroid dienone is 1. The van der Waals surface area contributed by atoms with Gasteiger partial charge in [-0.05, 0) is 70.8 Å². The molecule has 12 heteroatoms. The van der Waals surface area contributed by atoms with Crippen LogP contribution in [0.5, 0.6) is 0 Å². The number of rotatable bonds is 7. The van der Waals surface area contributed by atoms with Crippen molar-refractivity contribution in [1.29, 1.82) is 0 Å². The number of piperidine rings is 1. The van der Waals surface area contributed by atoms with Crippen molar-refractivity contribution in [1.82, 2.24) is 25.0 Å². The summed E-state index contributed by atoms with van der Waals surface area (Å²) in [6.07, 6.45) is 12.4. The highest BCUT2D eigenvalue weighted by Crippen LogP contribution is 2.27. The summed E-state index contributed by atoms with van der Waals surface area (Å²) in [6.45, 7) is 14.3. The molecule has 0 aromatic carbocycles. The molecule has 3 aliphatic rings. The maximum atomic E-state index is 13.6. The summed E-state index contributed by atoms with van der Waals surface area (Å²) in [5.41, 5.74) is 4.22. The number of likely N-dealkylation sites (tertiary alicyclic amines) is 1. The van der Waals surface area contributed by atoms with Gasteiger partial charge in [-0.25, -0.2) is 0 Å². The smallest absolute Gasteiger partial charge is 0.270 e. The van der Waals surface area contributed by atoms with E-state index in [1.54, 1.807) is 49.4 Å². The first-order valence-corrected chi connectivity index (χ1v) is 15.9. The lowest BCUT2D eigenvalue weighted by atomic mass is 10.1. The molecule has 0 saturated carbocycles. The third-order valence-corrected chi connectivity index (χ3v) is 7.93. The Kier molecular flexibility index (Phi) is 11.5. The maximum absolute atomic E-state index is 13.6. The quantitative estimate of drug-likeness (QED) is 0.416. The highest BCUT2D eigenvalue weighted by atomic mass is 16.2. The Labute approximate surface area is 265 Å². The van der Waals surface area contributed by atoms with Crippen molar-refractivity contribution < 1.29 is 14.4 Å². The summed E-state index contributed by atoms with van der Waals surface area (Å²) in [5, 5.41) is 13.2. The lowest BCUT2D eigenvalue weighted by molar-refractivity contribution is -0.117.